The Morgan fingerprint density at radius 3 is 2.58 bits per heavy atom. The van der Waals surface area contributed by atoms with Gasteiger partial charge in [0.15, 0.2) is 0 Å². The Bertz CT molecular complexity index is 1230. The summed E-state index contributed by atoms with van der Waals surface area (Å²) < 4.78 is 2.08. The summed E-state index contributed by atoms with van der Waals surface area (Å²) in [7, 11) is 4.21. The van der Waals surface area contributed by atoms with E-state index in [1.54, 1.807) is 6.33 Å². The van der Waals surface area contributed by atoms with Crippen molar-refractivity contribution in [3.05, 3.63) is 66.0 Å². The van der Waals surface area contributed by atoms with Gasteiger partial charge in [-0.05, 0) is 50.7 Å². The van der Waals surface area contributed by atoms with Crippen LogP contribution in [0.3, 0.4) is 0 Å². The monoisotopic (exact) mass is 414 g/mol. The number of aromatic nitrogens is 4. The summed E-state index contributed by atoms with van der Waals surface area (Å²) in [4.78, 5) is 21.9. The Kier molecular flexibility index (Phi) is 5.11. The number of imidazole rings is 1. The normalized spacial score (nSPS) is 15.3. The molecule has 7 nitrogen and oxygen atoms in total. The van der Waals surface area contributed by atoms with Gasteiger partial charge >= 0.3 is 0 Å². The third-order valence-electron chi connectivity index (χ3n) is 6.25. The van der Waals surface area contributed by atoms with Crippen LogP contribution < -0.4 is 0 Å². The van der Waals surface area contributed by atoms with Crippen LogP contribution in [0.25, 0.3) is 22.1 Å². The molecule has 158 valence electrons. The molecule has 0 radical (unpaired) electrons. The van der Waals surface area contributed by atoms with Crippen LogP contribution >= 0.6 is 0 Å². The van der Waals surface area contributed by atoms with Crippen molar-refractivity contribution in [3.63, 3.8) is 0 Å². The molecular formula is C24H26N6O. The molecule has 0 aliphatic carbocycles. The van der Waals surface area contributed by atoms with E-state index in [-0.39, 0.29) is 5.91 Å². The highest BCUT2D eigenvalue weighted by atomic mass is 16.2. The van der Waals surface area contributed by atoms with E-state index in [9.17, 15) is 4.79 Å². The maximum Gasteiger partial charge on any atom is 0.253 e. The van der Waals surface area contributed by atoms with E-state index < -0.39 is 0 Å². The number of nitrogens with zero attached hydrogens (tertiary/aromatic N) is 6. The fraction of sp³-hybridized carbons (Fsp3) is 0.333. The number of rotatable bonds is 4. The molecule has 1 saturated heterocycles. The number of piperidine rings is 1. The molecule has 2 aromatic carbocycles. The summed E-state index contributed by atoms with van der Waals surface area (Å²) in [6, 6.07) is 16.5. The average Bonchev–Trinajstić information content (AvgIpc) is 3.22. The topological polar surface area (TPSA) is 67.2 Å². The van der Waals surface area contributed by atoms with Gasteiger partial charge in [0.2, 0.25) is 5.65 Å². The van der Waals surface area contributed by atoms with Crippen molar-refractivity contribution in [2.45, 2.75) is 25.4 Å². The number of carbonyl (C=O) groups is 1. The number of likely N-dealkylation sites (tertiary alicyclic amines) is 1. The van der Waals surface area contributed by atoms with Crippen molar-refractivity contribution in [1.29, 1.82) is 0 Å². The molecule has 4 aromatic rings. The van der Waals surface area contributed by atoms with Gasteiger partial charge in [-0.2, -0.15) is 0 Å². The largest absolute Gasteiger partial charge is 0.339 e. The van der Waals surface area contributed by atoms with Crippen molar-refractivity contribution in [3.8, 4) is 0 Å². The lowest BCUT2D eigenvalue weighted by Crippen LogP contribution is -2.44. The van der Waals surface area contributed by atoms with Gasteiger partial charge in [0.05, 0.1) is 17.4 Å². The van der Waals surface area contributed by atoms with Gasteiger partial charge in [0, 0.05) is 36.6 Å². The second-order valence-electron chi connectivity index (χ2n) is 8.45. The lowest BCUT2D eigenvalue weighted by molar-refractivity contribution is 0.0663. The Hall–Kier alpha value is -3.32. The SMILES string of the molecule is CN(C)C1CCN(C(=O)c2ccc3nnc4ncn(Cc5ccccc5)c4c3c2)CC1. The predicted octanol–water partition coefficient (Wildman–Crippen LogP) is 3.19. The lowest BCUT2D eigenvalue weighted by Gasteiger charge is -2.35. The molecule has 0 unspecified atom stereocenters. The maximum absolute atomic E-state index is 13.2. The molecule has 3 heterocycles. The molecule has 1 fully saturated rings. The molecule has 0 bridgehead atoms. The van der Waals surface area contributed by atoms with E-state index >= 15 is 0 Å². The number of hydrogen-bond donors (Lipinski definition) is 0. The van der Waals surface area contributed by atoms with Crippen molar-refractivity contribution >= 4 is 28.0 Å². The number of fused-ring (bicyclic) bond motifs is 3. The number of amides is 1. The minimum Gasteiger partial charge on any atom is -0.339 e. The standard InChI is InChI=1S/C24H26N6O/c1-28(2)19-10-12-29(13-11-19)24(31)18-8-9-21-20(14-18)22-23(27-26-21)25-16-30(22)15-17-6-4-3-5-7-17/h3-9,14,16,19H,10-13,15H2,1-2H3. The maximum atomic E-state index is 13.2. The van der Waals surface area contributed by atoms with Crippen molar-refractivity contribution < 1.29 is 4.79 Å². The summed E-state index contributed by atoms with van der Waals surface area (Å²) in [5.41, 5.74) is 4.15. The van der Waals surface area contributed by atoms with Crippen LogP contribution in [0.5, 0.6) is 0 Å². The van der Waals surface area contributed by atoms with Gasteiger partial charge in [-0.1, -0.05) is 30.3 Å². The zero-order valence-corrected chi connectivity index (χ0v) is 17.9. The number of benzene rings is 2. The highest BCUT2D eigenvalue weighted by molar-refractivity contribution is 6.05. The van der Waals surface area contributed by atoms with Gasteiger partial charge in [-0.15, -0.1) is 10.2 Å². The van der Waals surface area contributed by atoms with Crippen LogP contribution in [-0.4, -0.2) is 68.7 Å². The number of carbonyl (C=O) groups excluding carboxylic acids is 1. The van der Waals surface area contributed by atoms with Crippen LogP contribution in [-0.2, 0) is 6.54 Å². The Balaban J connectivity index is 1.49. The highest BCUT2D eigenvalue weighted by Crippen LogP contribution is 2.25. The van der Waals surface area contributed by atoms with Gasteiger partial charge < -0.3 is 14.4 Å². The zero-order valence-electron chi connectivity index (χ0n) is 17.9. The van der Waals surface area contributed by atoms with Crippen LogP contribution in [0.2, 0.25) is 0 Å². The third-order valence-corrected chi connectivity index (χ3v) is 6.25. The van der Waals surface area contributed by atoms with E-state index in [4.69, 9.17) is 0 Å². The van der Waals surface area contributed by atoms with E-state index in [1.165, 1.54) is 5.56 Å². The molecule has 1 aliphatic heterocycles. The Morgan fingerprint density at radius 1 is 1.06 bits per heavy atom. The molecule has 0 spiro atoms. The van der Waals surface area contributed by atoms with Gasteiger partial charge in [0.25, 0.3) is 5.91 Å². The number of hydrogen-bond acceptors (Lipinski definition) is 5. The van der Waals surface area contributed by atoms with Crippen molar-refractivity contribution in [2.75, 3.05) is 27.2 Å². The van der Waals surface area contributed by atoms with E-state index in [0.717, 1.165) is 42.4 Å². The molecule has 0 saturated carbocycles. The predicted molar refractivity (Wildman–Crippen MR) is 121 cm³/mol. The fourth-order valence-electron chi connectivity index (χ4n) is 4.44. The summed E-state index contributed by atoms with van der Waals surface area (Å²) in [6.07, 6.45) is 3.81. The van der Waals surface area contributed by atoms with Crippen LogP contribution in [0, 0.1) is 0 Å². The van der Waals surface area contributed by atoms with Gasteiger partial charge in [0.1, 0.15) is 0 Å². The summed E-state index contributed by atoms with van der Waals surface area (Å²) in [5.74, 6) is 0.0817. The van der Waals surface area contributed by atoms with E-state index in [1.807, 2.05) is 41.3 Å². The van der Waals surface area contributed by atoms with Crippen molar-refractivity contribution in [1.82, 2.24) is 29.5 Å². The summed E-state index contributed by atoms with van der Waals surface area (Å²) >= 11 is 0. The summed E-state index contributed by atoms with van der Waals surface area (Å²) in [5, 5.41) is 9.50. The molecule has 1 amide bonds. The van der Waals surface area contributed by atoms with Crippen LogP contribution in [0.1, 0.15) is 28.8 Å². The molecule has 7 heteroatoms. The average molecular weight is 415 g/mol. The second-order valence-corrected chi connectivity index (χ2v) is 8.45. The first-order chi connectivity index (χ1) is 15.1. The molecule has 0 atom stereocenters. The quantitative estimate of drug-likeness (QED) is 0.513. The lowest BCUT2D eigenvalue weighted by atomic mass is 10.0. The Morgan fingerprint density at radius 2 is 1.84 bits per heavy atom. The minimum atomic E-state index is 0.0817. The fourth-order valence-corrected chi connectivity index (χ4v) is 4.44. The molecule has 31 heavy (non-hydrogen) atoms. The molecule has 0 N–H and O–H groups in total. The first-order valence-corrected chi connectivity index (χ1v) is 10.7. The molecule has 1 aliphatic rings. The third kappa shape index (κ3) is 3.77. The Labute approximate surface area is 181 Å². The summed E-state index contributed by atoms with van der Waals surface area (Å²) in [6.45, 7) is 2.26. The van der Waals surface area contributed by atoms with Crippen LogP contribution in [0.4, 0.5) is 0 Å². The van der Waals surface area contributed by atoms with E-state index in [2.05, 4.69) is 50.9 Å². The van der Waals surface area contributed by atoms with Gasteiger partial charge in [-0.3, -0.25) is 4.79 Å². The molecular weight excluding hydrogens is 388 g/mol. The first-order valence-electron chi connectivity index (χ1n) is 10.7. The second kappa shape index (κ2) is 8.07. The smallest absolute Gasteiger partial charge is 0.253 e. The van der Waals surface area contributed by atoms with E-state index in [0.29, 0.717) is 23.8 Å². The molecule has 5 rings (SSSR count). The van der Waals surface area contributed by atoms with Crippen LogP contribution in [0.15, 0.2) is 54.9 Å². The first kappa shape index (κ1) is 19.6. The minimum absolute atomic E-state index is 0.0817. The van der Waals surface area contributed by atoms with Gasteiger partial charge in [-0.25, -0.2) is 4.98 Å². The highest BCUT2D eigenvalue weighted by Gasteiger charge is 2.25. The van der Waals surface area contributed by atoms with Crippen molar-refractivity contribution in [2.24, 2.45) is 0 Å². The zero-order chi connectivity index (χ0) is 21.4. The molecule has 2 aromatic heterocycles.